The predicted octanol–water partition coefficient (Wildman–Crippen LogP) is 3.58. The maximum absolute atomic E-state index is 12.8. The average Bonchev–Trinajstić information content (AvgIpc) is 3.52. The number of rotatable bonds is 7. The van der Waals surface area contributed by atoms with Crippen LogP contribution in [0.4, 0.5) is 0 Å². The predicted molar refractivity (Wildman–Crippen MR) is 121 cm³/mol. The van der Waals surface area contributed by atoms with E-state index in [9.17, 15) is 14.4 Å². The summed E-state index contributed by atoms with van der Waals surface area (Å²) < 4.78 is 10.6. The van der Waals surface area contributed by atoms with Crippen molar-refractivity contribution in [2.24, 2.45) is 5.10 Å². The Morgan fingerprint density at radius 3 is 2.52 bits per heavy atom. The molecular formula is C24H20ClN3O5. The first-order valence-electron chi connectivity index (χ1n) is 10.2. The molecule has 33 heavy (non-hydrogen) atoms. The number of benzene rings is 2. The second-order valence-corrected chi connectivity index (χ2v) is 7.67. The number of esters is 1. The zero-order valence-corrected chi connectivity index (χ0v) is 18.2. The number of hydrogen-bond acceptors (Lipinski definition) is 6. The van der Waals surface area contributed by atoms with Gasteiger partial charge in [0.05, 0.1) is 12.0 Å². The number of amides is 2. The fourth-order valence-corrected chi connectivity index (χ4v) is 3.49. The minimum atomic E-state index is -0.733. The first-order valence-corrected chi connectivity index (χ1v) is 10.6. The monoisotopic (exact) mass is 465 g/mol. The highest BCUT2D eigenvalue weighted by Crippen LogP contribution is 2.33. The third kappa shape index (κ3) is 5.48. The largest absolute Gasteiger partial charge is 0.467 e. The molecule has 0 bridgehead atoms. The highest BCUT2D eigenvalue weighted by molar-refractivity contribution is 6.30. The number of nitrogens with zero attached hydrogens (tertiary/aromatic N) is 2. The van der Waals surface area contributed by atoms with Crippen molar-refractivity contribution in [2.45, 2.75) is 12.5 Å². The van der Waals surface area contributed by atoms with Gasteiger partial charge in [0.25, 0.3) is 11.8 Å². The number of nitrogens with one attached hydrogen (secondary N) is 1. The van der Waals surface area contributed by atoms with Gasteiger partial charge in [-0.15, -0.1) is 0 Å². The summed E-state index contributed by atoms with van der Waals surface area (Å²) in [6, 6.07) is 18.6. The molecule has 0 aliphatic carbocycles. The number of hydrogen-bond donors (Lipinski definition) is 1. The summed E-state index contributed by atoms with van der Waals surface area (Å²) in [7, 11) is 0. The van der Waals surface area contributed by atoms with Gasteiger partial charge in [0.2, 0.25) is 0 Å². The molecule has 3 aromatic rings. The third-order valence-corrected chi connectivity index (χ3v) is 5.25. The molecule has 1 atom stereocenters. The van der Waals surface area contributed by atoms with E-state index in [1.54, 1.807) is 54.6 Å². The lowest BCUT2D eigenvalue weighted by molar-refractivity contribution is -0.152. The highest BCUT2D eigenvalue weighted by Gasteiger charge is 2.35. The van der Waals surface area contributed by atoms with Gasteiger partial charge in [0.1, 0.15) is 18.3 Å². The summed E-state index contributed by atoms with van der Waals surface area (Å²) in [6.45, 7) is -0.878. The van der Waals surface area contributed by atoms with Crippen LogP contribution in [0.25, 0.3) is 0 Å². The Morgan fingerprint density at radius 2 is 1.82 bits per heavy atom. The Morgan fingerprint density at radius 1 is 1.06 bits per heavy atom. The van der Waals surface area contributed by atoms with Crippen LogP contribution in [0.15, 0.2) is 82.5 Å². The molecule has 4 rings (SSSR count). The van der Waals surface area contributed by atoms with Crippen LogP contribution >= 0.6 is 11.6 Å². The Bertz CT molecular complexity index is 1160. The summed E-state index contributed by atoms with van der Waals surface area (Å²) in [4.78, 5) is 36.9. The first kappa shape index (κ1) is 22.3. The molecule has 0 saturated heterocycles. The quantitative estimate of drug-likeness (QED) is 0.537. The second-order valence-electron chi connectivity index (χ2n) is 7.24. The minimum absolute atomic E-state index is 0.359. The molecule has 9 heteroatoms. The molecule has 0 unspecified atom stereocenters. The van der Waals surface area contributed by atoms with Crippen LogP contribution in [0.1, 0.15) is 34.1 Å². The molecule has 1 aliphatic heterocycles. The zero-order valence-electron chi connectivity index (χ0n) is 17.4. The zero-order chi connectivity index (χ0) is 23.2. The van der Waals surface area contributed by atoms with Gasteiger partial charge in [-0.05, 0) is 42.0 Å². The van der Waals surface area contributed by atoms with E-state index in [1.165, 1.54) is 11.3 Å². The number of furan rings is 1. The van der Waals surface area contributed by atoms with Crippen LogP contribution in [-0.4, -0.2) is 41.7 Å². The normalized spacial score (nSPS) is 15.1. The van der Waals surface area contributed by atoms with E-state index >= 15 is 0 Å². The Labute approximate surface area is 194 Å². The first-order chi connectivity index (χ1) is 16.0. The molecule has 1 N–H and O–H groups in total. The van der Waals surface area contributed by atoms with Crippen LogP contribution in [0.3, 0.4) is 0 Å². The Kier molecular flexibility index (Phi) is 6.85. The van der Waals surface area contributed by atoms with Crippen molar-refractivity contribution in [1.29, 1.82) is 0 Å². The van der Waals surface area contributed by atoms with Crippen LogP contribution in [0.2, 0.25) is 5.02 Å². The van der Waals surface area contributed by atoms with Crippen LogP contribution in [-0.2, 0) is 14.3 Å². The average molecular weight is 466 g/mol. The van der Waals surface area contributed by atoms with Crippen LogP contribution in [0, 0.1) is 0 Å². The lowest BCUT2D eigenvalue weighted by atomic mass is 10.0. The highest BCUT2D eigenvalue weighted by atomic mass is 35.5. The van der Waals surface area contributed by atoms with Gasteiger partial charge in [0.15, 0.2) is 6.61 Å². The maximum Gasteiger partial charge on any atom is 0.325 e. The van der Waals surface area contributed by atoms with Gasteiger partial charge in [-0.3, -0.25) is 14.4 Å². The molecule has 0 fully saturated rings. The molecule has 8 nitrogen and oxygen atoms in total. The van der Waals surface area contributed by atoms with E-state index in [1.807, 2.05) is 12.1 Å². The molecule has 1 aromatic heterocycles. The van der Waals surface area contributed by atoms with Crippen molar-refractivity contribution in [3.63, 3.8) is 0 Å². The summed E-state index contributed by atoms with van der Waals surface area (Å²) in [5, 5.41) is 8.78. The van der Waals surface area contributed by atoms with E-state index in [2.05, 4.69) is 10.4 Å². The molecule has 2 amide bonds. The molecule has 0 spiro atoms. The van der Waals surface area contributed by atoms with Gasteiger partial charge in [-0.1, -0.05) is 41.9 Å². The molecule has 2 aromatic carbocycles. The van der Waals surface area contributed by atoms with E-state index in [0.29, 0.717) is 28.5 Å². The van der Waals surface area contributed by atoms with E-state index in [-0.39, 0.29) is 6.54 Å². The fraction of sp³-hybridized carbons (Fsp3) is 0.167. The summed E-state index contributed by atoms with van der Waals surface area (Å²) in [5.41, 5.74) is 1.93. The van der Waals surface area contributed by atoms with Gasteiger partial charge in [-0.2, -0.15) is 5.10 Å². The van der Waals surface area contributed by atoms with Crippen molar-refractivity contribution in [3.05, 3.63) is 94.9 Å². The van der Waals surface area contributed by atoms with E-state index in [0.717, 1.165) is 5.56 Å². The lowest BCUT2D eigenvalue weighted by Gasteiger charge is -2.19. The standard InChI is InChI=1S/C24H20ClN3O5/c25-18-10-8-16(9-11-18)19-13-20(21-7-4-12-32-21)28(27-19)22(29)15-33-23(30)14-26-24(31)17-5-2-1-3-6-17/h1-12,20H,13-15H2,(H,26,31)/t20-/m0/s1. The number of carbonyl (C=O) groups is 3. The second kappa shape index (κ2) is 10.1. The molecular weight excluding hydrogens is 446 g/mol. The molecule has 0 saturated carbocycles. The van der Waals surface area contributed by atoms with Crippen molar-refractivity contribution < 1.29 is 23.5 Å². The van der Waals surface area contributed by atoms with Crippen molar-refractivity contribution in [3.8, 4) is 0 Å². The van der Waals surface area contributed by atoms with E-state index < -0.39 is 30.4 Å². The smallest absolute Gasteiger partial charge is 0.325 e. The van der Waals surface area contributed by atoms with Crippen LogP contribution < -0.4 is 5.32 Å². The summed E-state index contributed by atoms with van der Waals surface area (Å²) >= 11 is 5.96. The Balaban J connectivity index is 1.37. The number of hydrazone groups is 1. The van der Waals surface area contributed by atoms with Crippen molar-refractivity contribution in [1.82, 2.24) is 10.3 Å². The van der Waals surface area contributed by atoms with Gasteiger partial charge < -0.3 is 14.5 Å². The Hall–Kier alpha value is -3.91. The van der Waals surface area contributed by atoms with Crippen molar-refractivity contribution in [2.75, 3.05) is 13.2 Å². The number of ether oxygens (including phenoxy) is 1. The molecule has 1 aliphatic rings. The maximum atomic E-state index is 12.8. The topological polar surface area (TPSA) is 101 Å². The van der Waals surface area contributed by atoms with E-state index in [4.69, 9.17) is 20.8 Å². The van der Waals surface area contributed by atoms with Gasteiger partial charge in [-0.25, -0.2) is 5.01 Å². The number of carbonyl (C=O) groups excluding carboxylic acids is 3. The molecule has 2 heterocycles. The number of halogens is 1. The van der Waals surface area contributed by atoms with Crippen LogP contribution in [0.5, 0.6) is 0 Å². The summed E-state index contributed by atoms with van der Waals surface area (Å²) in [6.07, 6.45) is 1.95. The lowest BCUT2D eigenvalue weighted by Crippen LogP contribution is -2.34. The van der Waals surface area contributed by atoms with Crippen molar-refractivity contribution >= 4 is 35.1 Å². The van der Waals surface area contributed by atoms with Gasteiger partial charge >= 0.3 is 5.97 Å². The summed E-state index contributed by atoms with van der Waals surface area (Å²) in [5.74, 6) is -1.09. The molecule has 168 valence electrons. The SMILES string of the molecule is O=C(CNC(=O)c1ccccc1)OCC(=O)N1N=C(c2ccc(Cl)cc2)C[C@H]1c1ccco1. The molecule has 0 radical (unpaired) electrons. The van der Waals surface area contributed by atoms with Gasteiger partial charge in [0, 0.05) is 17.0 Å². The minimum Gasteiger partial charge on any atom is -0.467 e. The third-order valence-electron chi connectivity index (χ3n) is 5.00. The fourth-order valence-electron chi connectivity index (χ4n) is 3.36.